The lowest BCUT2D eigenvalue weighted by Crippen LogP contribution is -2.60. The summed E-state index contributed by atoms with van der Waals surface area (Å²) in [4.78, 5) is 13.1. The van der Waals surface area contributed by atoms with Gasteiger partial charge in [0.25, 0.3) is 0 Å². The molecule has 1 heterocycles. The number of ether oxygens (including phenoxy) is 2. The van der Waals surface area contributed by atoms with Gasteiger partial charge in [0.15, 0.2) is 6.29 Å². The average molecular weight is 1130 g/mol. The van der Waals surface area contributed by atoms with E-state index in [1.807, 2.05) is 6.08 Å². The van der Waals surface area contributed by atoms with Gasteiger partial charge in [-0.3, -0.25) is 4.79 Å². The maximum Gasteiger partial charge on any atom is 0.220 e. The minimum atomic E-state index is -1.57. The van der Waals surface area contributed by atoms with Crippen LogP contribution in [0.15, 0.2) is 36.5 Å². The summed E-state index contributed by atoms with van der Waals surface area (Å²) in [5.41, 5.74) is 0. The first-order chi connectivity index (χ1) is 39.3. The van der Waals surface area contributed by atoms with Gasteiger partial charge in [-0.05, 0) is 57.8 Å². The van der Waals surface area contributed by atoms with Gasteiger partial charge in [-0.2, -0.15) is 0 Å². The van der Waals surface area contributed by atoms with E-state index in [1.54, 1.807) is 6.08 Å². The Morgan fingerprint density at radius 3 is 1.05 bits per heavy atom. The van der Waals surface area contributed by atoms with Crippen molar-refractivity contribution in [1.29, 1.82) is 0 Å². The highest BCUT2D eigenvalue weighted by molar-refractivity contribution is 5.76. The lowest BCUT2D eigenvalue weighted by molar-refractivity contribution is -0.302. The zero-order valence-electron chi connectivity index (χ0n) is 52.9. The largest absolute Gasteiger partial charge is 0.394 e. The number of carbonyl (C=O) groups is 1. The average Bonchev–Trinajstić information content (AvgIpc) is 3.46. The van der Waals surface area contributed by atoms with Crippen LogP contribution in [0.3, 0.4) is 0 Å². The van der Waals surface area contributed by atoms with E-state index in [2.05, 4.69) is 43.5 Å². The van der Waals surface area contributed by atoms with Crippen molar-refractivity contribution in [3.63, 3.8) is 0 Å². The fraction of sp³-hybridized carbons (Fsp3) is 0.901. The van der Waals surface area contributed by atoms with Crippen molar-refractivity contribution >= 4 is 5.91 Å². The molecule has 80 heavy (non-hydrogen) atoms. The smallest absolute Gasteiger partial charge is 0.220 e. The SMILES string of the molecule is CCCCCCCCCC/C=C\CCCCCCCCCCCCCCCCCCCC(=O)NC(COC1OC(CO)C(O)C(O)C1O)C(O)/C=C/CC/C=C/CCCCCCCCCCCCCCCCCCCCCCCC. The van der Waals surface area contributed by atoms with Crippen LogP contribution in [0.2, 0.25) is 0 Å². The number of carbonyl (C=O) groups excluding carboxylic acids is 1. The van der Waals surface area contributed by atoms with Gasteiger partial charge < -0.3 is 40.3 Å². The molecule has 0 saturated carbocycles. The number of aliphatic hydroxyl groups is 5. The van der Waals surface area contributed by atoms with Crippen molar-refractivity contribution in [3.8, 4) is 0 Å². The number of unbranched alkanes of at least 4 members (excludes halogenated alkanes) is 48. The van der Waals surface area contributed by atoms with Crippen LogP contribution in [0.1, 0.15) is 354 Å². The molecular weight excluding hydrogens is 995 g/mol. The van der Waals surface area contributed by atoms with Gasteiger partial charge >= 0.3 is 0 Å². The minimum absolute atomic E-state index is 0.180. The topological polar surface area (TPSA) is 149 Å². The zero-order chi connectivity index (χ0) is 57.9. The Hall–Kier alpha value is -1.59. The normalized spacial score (nSPS) is 18.6. The van der Waals surface area contributed by atoms with Crippen LogP contribution in [0.25, 0.3) is 0 Å². The summed E-state index contributed by atoms with van der Waals surface area (Å²) < 4.78 is 11.3. The molecule has 9 heteroatoms. The molecule has 1 rings (SSSR count). The van der Waals surface area contributed by atoms with Gasteiger partial charge in [0.2, 0.25) is 5.91 Å². The van der Waals surface area contributed by atoms with Crippen molar-refractivity contribution in [3.05, 3.63) is 36.5 Å². The Morgan fingerprint density at radius 2 is 0.713 bits per heavy atom. The predicted octanol–water partition coefficient (Wildman–Crippen LogP) is 19.0. The van der Waals surface area contributed by atoms with E-state index >= 15 is 0 Å². The standard InChI is InChI=1S/C71H135NO8/c1-3-5-7-9-11-13-15-17-19-21-23-25-27-29-31-33-35-37-39-41-43-45-47-49-51-53-55-57-59-61-67(75)72-64(63-79-71-70(78)69(77)68(76)66(62-73)80-71)65(74)60-58-56-54-52-50-48-46-44-42-40-38-36-34-32-30-28-26-24-22-20-18-16-14-12-10-8-6-4-2/h21,23,50,52,58,60,64-66,68-71,73-74,76-78H,3-20,22,24-49,51,53-57,59,61-63H2,1-2H3,(H,72,75)/b23-21-,52-50+,60-58+. The number of amides is 1. The molecule has 1 saturated heterocycles. The zero-order valence-corrected chi connectivity index (χ0v) is 52.9. The molecule has 0 bridgehead atoms. The number of hydrogen-bond acceptors (Lipinski definition) is 8. The van der Waals surface area contributed by atoms with Gasteiger partial charge in [0.1, 0.15) is 24.4 Å². The van der Waals surface area contributed by atoms with Crippen LogP contribution in [0.5, 0.6) is 0 Å². The molecule has 9 nitrogen and oxygen atoms in total. The highest BCUT2D eigenvalue weighted by Gasteiger charge is 2.44. The molecule has 0 aromatic carbocycles. The minimum Gasteiger partial charge on any atom is -0.394 e. The first-order valence-electron chi connectivity index (χ1n) is 35.2. The lowest BCUT2D eigenvalue weighted by atomic mass is 9.99. The highest BCUT2D eigenvalue weighted by Crippen LogP contribution is 2.23. The van der Waals surface area contributed by atoms with E-state index in [0.29, 0.717) is 6.42 Å². The quantitative estimate of drug-likeness (QED) is 0.0261. The molecule has 0 spiro atoms. The van der Waals surface area contributed by atoms with E-state index in [9.17, 15) is 30.3 Å². The third-order valence-corrected chi connectivity index (χ3v) is 16.9. The number of nitrogens with one attached hydrogen (secondary N) is 1. The molecule has 0 radical (unpaired) electrons. The third kappa shape index (κ3) is 48.7. The number of rotatable bonds is 62. The Labute approximate surface area is 495 Å². The molecular formula is C71H135NO8. The second-order valence-corrected chi connectivity index (χ2v) is 24.7. The number of aliphatic hydroxyl groups excluding tert-OH is 5. The van der Waals surface area contributed by atoms with Crippen LogP contribution < -0.4 is 5.32 Å². The summed E-state index contributed by atoms with van der Waals surface area (Å²) in [6, 6.07) is -0.822. The molecule has 0 aromatic rings. The molecule has 0 aromatic heterocycles. The maximum atomic E-state index is 13.1. The lowest BCUT2D eigenvalue weighted by Gasteiger charge is -2.40. The van der Waals surface area contributed by atoms with Crippen LogP contribution in [0.4, 0.5) is 0 Å². The first kappa shape index (κ1) is 76.4. The van der Waals surface area contributed by atoms with E-state index in [-0.39, 0.29) is 12.5 Å². The summed E-state index contributed by atoms with van der Waals surface area (Å²) in [6.45, 7) is 3.82. The fourth-order valence-corrected chi connectivity index (χ4v) is 11.4. The summed E-state index contributed by atoms with van der Waals surface area (Å²) in [7, 11) is 0. The van der Waals surface area contributed by atoms with Crippen molar-refractivity contribution in [1.82, 2.24) is 5.32 Å². The van der Waals surface area contributed by atoms with Gasteiger partial charge in [0, 0.05) is 6.42 Å². The number of allylic oxidation sites excluding steroid dienone is 5. The van der Waals surface area contributed by atoms with Crippen LogP contribution >= 0.6 is 0 Å². The predicted molar refractivity (Wildman–Crippen MR) is 341 cm³/mol. The molecule has 1 aliphatic rings. The van der Waals surface area contributed by atoms with Crippen molar-refractivity contribution in [2.75, 3.05) is 13.2 Å². The van der Waals surface area contributed by atoms with Crippen molar-refractivity contribution < 1.29 is 39.8 Å². The molecule has 0 aliphatic carbocycles. The maximum absolute atomic E-state index is 13.1. The molecule has 1 aliphatic heterocycles. The van der Waals surface area contributed by atoms with E-state index < -0.39 is 49.5 Å². The number of hydrogen-bond donors (Lipinski definition) is 6. The monoisotopic (exact) mass is 1130 g/mol. The van der Waals surface area contributed by atoms with Crippen molar-refractivity contribution in [2.24, 2.45) is 0 Å². The van der Waals surface area contributed by atoms with Crippen LogP contribution in [0, 0.1) is 0 Å². The molecule has 7 unspecified atom stereocenters. The summed E-state index contributed by atoms with van der Waals surface area (Å²) in [6.07, 6.45) is 74.0. The summed E-state index contributed by atoms with van der Waals surface area (Å²) >= 11 is 0. The van der Waals surface area contributed by atoms with E-state index in [0.717, 1.165) is 38.5 Å². The van der Waals surface area contributed by atoms with Gasteiger partial charge in [-0.15, -0.1) is 0 Å². The van der Waals surface area contributed by atoms with Gasteiger partial charge in [-0.25, -0.2) is 0 Å². The van der Waals surface area contributed by atoms with Crippen LogP contribution in [-0.4, -0.2) is 87.5 Å². The molecule has 6 N–H and O–H groups in total. The molecule has 1 amide bonds. The van der Waals surface area contributed by atoms with Gasteiger partial charge in [0.05, 0.1) is 25.4 Å². The van der Waals surface area contributed by atoms with E-state index in [4.69, 9.17) is 9.47 Å². The second-order valence-electron chi connectivity index (χ2n) is 24.7. The molecule has 472 valence electrons. The van der Waals surface area contributed by atoms with E-state index in [1.165, 1.54) is 295 Å². The Morgan fingerprint density at radius 1 is 0.412 bits per heavy atom. The summed E-state index contributed by atoms with van der Waals surface area (Å²) in [5.74, 6) is -0.180. The Balaban J connectivity index is 2.14. The summed E-state index contributed by atoms with van der Waals surface area (Å²) in [5, 5.41) is 54.7. The highest BCUT2D eigenvalue weighted by atomic mass is 16.7. The Kier molecular flexibility index (Phi) is 57.8. The third-order valence-electron chi connectivity index (χ3n) is 16.9. The first-order valence-corrected chi connectivity index (χ1v) is 35.2. The fourth-order valence-electron chi connectivity index (χ4n) is 11.4. The second kappa shape index (κ2) is 60.5. The van der Waals surface area contributed by atoms with Crippen LogP contribution in [-0.2, 0) is 14.3 Å². The Bertz CT molecular complexity index is 1360. The molecule has 7 atom stereocenters. The molecule has 1 fully saturated rings. The van der Waals surface area contributed by atoms with Crippen molar-refractivity contribution in [2.45, 2.75) is 397 Å². The van der Waals surface area contributed by atoms with Gasteiger partial charge in [-0.1, -0.05) is 326 Å².